The summed E-state index contributed by atoms with van der Waals surface area (Å²) in [5.41, 5.74) is 0.981. The molecule has 100 valence electrons. The summed E-state index contributed by atoms with van der Waals surface area (Å²) < 4.78 is 0. The van der Waals surface area contributed by atoms with Crippen molar-refractivity contribution in [3.63, 3.8) is 0 Å². The molecule has 20 heavy (non-hydrogen) atoms. The number of amides is 1. The number of carbonyl (C=O) groups is 1. The van der Waals surface area contributed by atoms with Crippen LogP contribution in [0.25, 0.3) is 6.08 Å². The number of aromatic amines is 1. The number of nitrogens with one attached hydrogen (secondary N) is 2. The fourth-order valence-corrected chi connectivity index (χ4v) is 1.86. The molecule has 2 aromatic rings. The summed E-state index contributed by atoms with van der Waals surface area (Å²) >= 11 is 11.8. The number of nitrogens with zero attached hydrogens (tertiary/aromatic N) is 1. The number of aromatic nitrogens is 1. The lowest BCUT2D eigenvalue weighted by molar-refractivity contribution is -0.112. The summed E-state index contributed by atoms with van der Waals surface area (Å²) in [6.45, 7) is 0. The van der Waals surface area contributed by atoms with E-state index in [1.54, 1.807) is 30.5 Å². The summed E-state index contributed by atoms with van der Waals surface area (Å²) in [6, 6.07) is 10.1. The van der Waals surface area contributed by atoms with E-state index in [9.17, 15) is 4.79 Å². The third-order valence-electron chi connectivity index (χ3n) is 2.46. The fourth-order valence-electron chi connectivity index (χ4n) is 1.52. The van der Waals surface area contributed by atoms with Gasteiger partial charge in [-0.15, -0.1) is 0 Å². The number of nitriles is 1. The lowest BCUT2D eigenvalue weighted by Gasteiger charge is -2.06. The van der Waals surface area contributed by atoms with E-state index in [4.69, 9.17) is 28.5 Å². The largest absolute Gasteiger partial charge is 0.362 e. The molecule has 0 radical (unpaired) electrons. The Kier molecular flexibility index (Phi) is 4.46. The molecule has 1 aromatic heterocycles. The second-order valence-corrected chi connectivity index (χ2v) is 4.72. The number of hydrogen-bond donors (Lipinski definition) is 2. The Bertz CT molecular complexity index is 700. The van der Waals surface area contributed by atoms with Crippen LogP contribution >= 0.6 is 23.2 Å². The van der Waals surface area contributed by atoms with Crippen LogP contribution in [-0.2, 0) is 4.79 Å². The van der Waals surface area contributed by atoms with Crippen molar-refractivity contribution in [2.75, 3.05) is 5.32 Å². The van der Waals surface area contributed by atoms with Gasteiger partial charge in [-0.2, -0.15) is 5.26 Å². The predicted molar refractivity (Wildman–Crippen MR) is 79.5 cm³/mol. The topological polar surface area (TPSA) is 68.7 Å². The van der Waals surface area contributed by atoms with Gasteiger partial charge in [-0.25, -0.2) is 0 Å². The number of anilines is 1. The minimum Gasteiger partial charge on any atom is -0.362 e. The zero-order valence-electron chi connectivity index (χ0n) is 10.2. The number of halogens is 2. The number of benzene rings is 1. The third-order valence-corrected chi connectivity index (χ3v) is 3.03. The van der Waals surface area contributed by atoms with E-state index in [1.807, 2.05) is 6.07 Å². The molecule has 0 saturated heterocycles. The number of carbonyl (C=O) groups excluding carboxylic acids is 1. The molecule has 0 spiro atoms. The first-order valence-corrected chi connectivity index (χ1v) is 6.37. The Labute approximate surface area is 125 Å². The highest BCUT2D eigenvalue weighted by Crippen LogP contribution is 2.25. The van der Waals surface area contributed by atoms with Crippen LogP contribution in [0.1, 0.15) is 5.69 Å². The molecule has 4 nitrogen and oxygen atoms in total. The SMILES string of the molecule is N#CC(=Cc1ccc[nH]1)C(=O)Nc1cc(Cl)ccc1Cl. The van der Waals surface area contributed by atoms with Crippen LogP contribution in [-0.4, -0.2) is 10.9 Å². The standard InChI is InChI=1S/C14H9Cl2N3O/c15-10-3-4-12(16)13(7-10)19-14(20)9(8-17)6-11-2-1-5-18-11/h1-7,18H,(H,19,20). The molecule has 0 bridgehead atoms. The van der Waals surface area contributed by atoms with Gasteiger partial charge in [0.05, 0.1) is 10.7 Å². The summed E-state index contributed by atoms with van der Waals surface area (Å²) in [7, 11) is 0. The van der Waals surface area contributed by atoms with Crippen LogP contribution in [0.3, 0.4) is 0 Å². The van der Waals surface area contributed by atoms with Crippen molar-refractivity contribution in [1.82, 2.24) is 4.98 Å². The Morgan fingerprint density at radius 2 is 2.15 bits per heavy atom. The number of H-pyrrole nitrogens is 1. The minimum atomic E-state index is -0.550. The molecular weight excluding hydrogens is 297 g/mol. The zero-order valence-corrected chi connectivity index (χ0v) is 11.7. The maximum absolute atomic E-state index is 12.0. The maximum Gasteiger partial charge on any atom is 0.266 e. The fraction of sp³-hybridized carbons (Fsp3) is 0. The van der Waals surface area contributed by atoms with Crippen molar-refractivity contribution in [3.05, 3.63) is 57.8 Å². The molecule has 6 heteroatoms. The van der Waals surface area contributed by atoms with Crippen molar-refractivity contribution >= 4 is 40.9 Å². The highest BCUT2D eigenvalue weighted by Gasteiger charge is 2.12. The highest BCUT2D eigenvalue weighted by atomic mass is 35.5. The second-order valence-electron chi connectivity index (χ2n) is 3.87. The Balaban J connectivity index is 2.23. The molecule has 0 saturated carbocycles. The minimum absolute atomic E-state index is 0.0384. The van der Waals surface area contributed by atoms with Crippen LogP contribution in [0, 0.1) is 11.3 Å². The van der Waals surface area contributed by atoms with Crippen molar-refractivity contribution < 1.29 is 4.79 Å². The molecule has 1 heterocycles. The van der Waals surface area contributed by atoms with Crippen LogP contribution in [0.2, 0.25) is 10.0 Å². The number of hydrogen-bond acceptors (Lipinski definition) is 2. The molecule has 0 aliphatic heterocycles. The van der Waals surface area contributed by atoms with E-state index < -0.39 is 5.91 Å². The van der Waals surface area contributed by atoms with Gasteiger partial charge in [0, 0.05) is 16.9 Å². The van der Waals surface area contributed by atoms with Gasteiger partial charge in [0.2, 0.25) is 0 Å². The molecule has 0 aliphatic carbocycles. The Morgan fingerprint density at radius 3 is 2.80 bits per heavy atom. The lowest BCUT2D eigenvalue weighted by Crippen LogP contribution is -2.13. The summed E-state index contributed by atoms with van der Waals surface area (Å²) in [5, 5.41) is 12.4. The van der Waals surface area contributed by atoms with Crippen molar-refractivity contribution in [1.29, 1.82) is 5.26 Å². The Hall–Kier alpha value is -2.22. The molecule has 1 amide bonds. The van der Waals surface area contributed by atoms with Crippen LogP contribution < -0.4 is 5.32 Å². The molecule has 1 aromatic carbocycles. The number of rotatable bonds is 3. The average molecular weight is 306 g/mol. The average Bonchev–Trinajstić information content (AvgIpc) is 2.93. The van der Waals surface area contributed by atoms with Gasteiger partial charge in [0.1, 0.15) is 11.6 Å². The summed E-state index contributed by atoms with van der Waals surface area (Å²) in [5.74, 6) is -0.550. The molecule has 0 unspecified atom stereocenters. The van der Waals surface area contributed by atoms with E-state index in [0.717, 1.165) is 0 Å². The monoisotopic (exact) mass is 305 g/mol. The summed E-state index contributed by atoms with van der Waals surface area (Å²) in [4.78, 5) is 14.9. The zero-order chi connectivity index (χ0) is 14.5. The molecule has 0 aliphatic rings. The van der Waals surface area contributed by atoms with Gasteiger partial charge in [-0.3, -0.25) is 4.79 Å². The van der Waals surface area contributed by atoms with Gasteiger partial charge < -0.3 is 10.3 Å². The maximum atomic E-state index is 12.0. The molecule has 0 fully saturated rings. The normalized spacial score (nSPS) is 10.9. The third kappa shape index (κ3) is 3.41. The lowest BCUT2D eigenvalue weighted by atomic mass is 10.2. The molecular formula is C14H9Cl2N3O. The molecule has 0 atom stereocenters. The van der Waals surface area contributed by atoms with Gasteiger partial charge in [0.15, 0.2) is 0 Å². The second kappa shape index (κ2) is 6.29. The van der Waals surface area contributed by atoms with E-state index in [1.165, 1.54) is 12.1 Å². The van der Waals surface area contributed by atoms with Crippen LogP contribution in [0.15, 0.2) is 42.1 Å². The van der Waals surface area contributed by atoms with E-state index in [-0.39, 0.29) is 5.57 Å². The van der Waals surface area contributed by atoms with Gasteiger partial charge in [-0.05, 0) is 36.4 Å². The van der Waals surface area contributed by atoms with Crippen molar-refractivity contribution in [3.8, 4) is 6.07 Å². The predicted octanol–water partition coefficient (Wildman–Crippen LogP) is 3.87. The van der Waals surface area contributed by atoms with Crippen molar-refractivity contribution in [2.45, 2.75) is 0 Å². The molecule has 2 rings (SSSR count). The smallest absolute Gasteiger partial charge is 0.266 e. The highest BCUT2D eigenvalue weighted by molar-refractivity contribution is 6.36. The Morgan fingerprint density at radius 1 is 1.35 bits per heavy atom. The van der Waals surface area contributed by atoms with Gasteiger partial charge >= 0.3 is 0 Å². The summed E-state index contributed by atoms with van der Waals surface area (Å²) in [6.07, 6.45) is 3.15. The van der Waals surface area contributed by atoms with Crippen LogP contribution in [0.5, 0.6) is 0 Å². The van der Waals surface area contributed by atoms with E-state index in [2.05, 4.69) is 10.3 Å². The van der Waals surface area contributed by atoms with Gasteiger partial charge in [0.25, 0.3) is 5.91 Å². The molecule has 2 N–H and O–H groups in total. The first-order chi connectivity index (χ1) is 9.60. The van der Waals surface area contributed by atoms with E-state index in [0.29, 0.717) is 21.4 Å². The van der Waals surface area contributed by atoms with Crippen LogP contribution in [0.4, 0.5) is 5.69 Å². The van der Waals surface area contributed by atoms with Crippen molar-refractivity contribution in [2.24, 2.45) is 0 Å². The van der Waals surface area contributed by atoms with Gasteiger partial charge in [-0.1, -0.05) is 23.2 Å². The first-order valence-electron chi connectivity index (χ1n) is 5.62. The van der Waals surface area contributed by atoms with E-state index >= 15 is 0 Å². The quantitative estimate of drug-likeness (QED) is 0.667. The first kappa shape index (κ1) is 14.2.